The van der Waals surface area contributed by atoms with Gasteiger partial charge in [-0.25, -0.2) is 4.98 Å². The van der Waals surface area contributed by atoms with Crippen LogP contribution >= 0.6 is 11.3 Å². The first-order valence-electron chi connectivity index (χ1n) is 5.96. The van der Waals surface area contributed by atoms with E-state index in [0.29, 0.717) is 24.3 Å². The summed E-state index contributed by atoms with van der Waals surface area (Å²) in [5.41, 5.74) is 1.80. The maximum absolute atomic E-state index is 11.0. The average Bonchev–Trinajstić information content (AvgIpc) is 3.03. The number of hydrogen-bond donors (Lipinski definition) is 1. The first kappa shape index (κ1) is 11.9. The molecule has 3 heterocycles. The van der Waals surface area contributed by atoms with Crippen molar-refractivity contribution in [2.75, 3.05) is 0 Å². The first-order chi connectivity index (χ1) is 9.20. The predicted molar refractivity (Wildman–Crippen MR) is 69.7 cm³/mol. The van der Waals surface area contributed by atoms with Gasteiger partial charge in [-0.1, -0.05) is 0 Å². The van der Waals surface area contributed by atoms with Gasteiger partial charge in [0.2, 0.25) is 0 Å². The highest BCUT2D eigenvalue weighted by atomic mass is 32.1. The minimum Gasteiger partial charge on any atom is -0.481 e. The van der Waals surface area contributed by atoms with Crippen LogP contribution in [0.3, 0.4) is 0 Å². The lowest BCUT2D eigenvalue weighted by atomic mass is 9.98. The van der Waals surface area contributed by atoms with Crippen molar-refractivity contribution in [2.45, 2.75) is 19.4 Å². The summed E-state index contributed by atoms with van der Waals surface area (Å²) < 4.78 is 2.03. The Bertz CT molecular complexity index is 680. The topological polar surface area (TPSA) is 78.9 Å². The van der Waals surface area contributed by atoms with Crippen molar-refractivity contribution in [3.8, 4) is 17.3 Å². The van der Waals surface area contributed by atoms with Crippen LogP contribution in [0.2, 0.25) is 0 Å². The van der Waals surface area contributed by atoms with Gasteiger partial charge in [0.25, 0.3) is 0 Å². The van der Waals surface area contributed by atoms with Gasteiger partial charge in [0.1, 0.15) is 16.8 Å². The molecule has 0 radical (unpaired) electrons. The van der Waals surface area contributed by atoms with Crippen LogP contribution in [0.1, 0.15) is 17.1 Å². The summed E-state index contributed by atoms with van der Waals surface area (Å²) in [6.07, 6.45) is 2.81. The number of fused-ring (bicyclic) bond motifs is 1. The number of rotatable bonds is 2. The fraction of sp³-hybridized carbons (Fsp3) is 0.308. The zero-order valence-corrected chi connectivity index (χ0v) is 10.9. The summed E-state index contributed by atoms with van der Waals surface area (Å²) >= 11 is 1.41. The molecule has 0 amide bonds. The molecule has 0 aliphatic carbocycles. The molecular weight excluding hydrogens is 262 g/mol. The van der Waals surface area contributed by atoms with E-state index in [9.17, 15) is 4.79 Å². The van der Waals surface area contributed by atoms with E-state index in [4.69, 9.17) is 10.4 Å². The number of nitriles is 1. The van der Waals surface area contributed by atoms with Gasteiger partial charge in [0.15, 0.2) is 0 Å². The molecule has 0 fully saturated rings. The Balaban J connectivity index is 2.00. The van der Waals surface area contributed by atoms with Gasteiger partial charge in [-0.3, -0.25) is 4.79 Å². The van der Waals surface area contributed by atoms with Crippen LogP contribution in [0, 0.1) is 17.2 Å². The molecule has 5 nitrogen and oxygen atoms in total. The van der Waals surface area contributed by atoms with E-state index in [1.165, 1.54) is 11.3 Å². The second-order valence-corrected chi connectivity index (χ2v) is 5.43. The van der Waals surface area contributed by atoms with E-state index in [0.717, 1.165) is 17.1 Å². The van der Waals surface area contributed by atoms with Crippen LogP contribution in [-0.4, -0.2) is 20.6 Å². The maximum atomic E-state index is 11.0. The lowest BCUT2D eigenvalue weighted by Gasteiger charge is -2.21. The van der Waals surface area contributed by atoms with Gasteiger partial charge in [0, 0.05) is 18.5 Å². The molecule has 0 bridgehead atoms. The SMILES string of the molecule is N#Cc1sccc1-c1cnc2n1CCC(C(=O)O)C2. The van der Waals surface area contributed by atoms with E-state index in [2.05, 4.69) is 11.1 Å². The Morgan fingerprint density at radius 2 is 2.47 bits per heavy atom. The number of carbonyl (C=O) groups is 1. The van der Waals surface area contributed by atoms with Crippen LogP contribution in [-0.2, 0) is 17.8 Å². The summed E-state index contributed by atoms with van der Waals surface area (Å²) in [6.45, 7) is 0.641. The monoisotopic (exact) mass is 273 g/mol. The van der Waals surface area contributed by atoms with Crippen molar-refractivity contribution in [3.05, 3.63) is 28.3 Å². The minimum absolute atomic E-state index is 0.347. The Hall–Kier alpha value is -2.13. The van der Waals surface area contributed by atoms with E-state index >= 15 is 0 Å². The van der Waals surface area contributed by atoms with Gasteiger partial charge in [-0.05, 0) is 17.9 Å². The van der Waals surface area contributed by atoms with Crippen molar-refractivity contribution >= 4 is 17.3 Å². The van der Waals surface area contributed by atoms with Crippen molar-refractivity contribution in [2.24, 2.45) is 5.92 Å². The summed E-state index contributed by atoms with van der Waals surface area (Å²) in [7, 11) is 0. The number of carboxylic acid groups (broad SMARTS) is 1. The third kappa shape index (κ3) is 1.92. The molecule has 0 aromatic carbocycles. The summed E-state index contributed by atoms with van der Waals surface area (Å²) in [5, 5.41) is 20.0. The zero-order valence-electron chi connectivity index (χ0n) is 10.0. The Labute approximate surface area is 113 Å². The highest BCUT2D eigenvalue weighted by molar-refractivity contribution is 7.11. The summed E-state index contributed by atoms with van der Waals surface area (Å²) in [4.78, 5) is 16.0. The number of thiophene rings is 1. The first-order valence-corrected chi connectivity index (χ1v) is 6.84. The van der Waals surface area contributed by atoms with Gasteiger partial charge in [-0.15, -0.1) is 11.3 Å². The molecule has 19 heavy (non-hydrogen) atoms. The normalized spacial score (nSPS) is 17.7. The van der Waals surface area contributed by atoms with Gasteiger partial charge >= 0.3 is 5.97 Å². The molecule has 1 atom stereocenters. The van der Waals surface area contributed by atoms with E-state index in [1.54, 1.807) is 6.20 Å². The fourth-order valence-electron chi connectivity index (χ4n) is 2.46. The third-order valence-electron chi connectivity index (χ3n) is 3.46. The standard InChI is InChI=1S/C13H11N3O2S/c14-6-11-9(2-4-19-11)10-7-15-12-5-8(13(17)18)1-3-16(10)12/h2,4,7-8H,1,3,5H2,(H,17,18). The largest absolute Gasteiger partial charge is 0.481 e. The van der Waals surface area contributed by atoms with Crippen LogP contribution in [0.5, 0.6) is 0 Å². The van der Waals surface area contributed by atoms with Crippen molar-refractivity contribution in [1.82, 2.24) is 9.55 Å². The lowest BCUT2D eigenvalue weighted by Crippen LogP contribution is -2.26. The smallest absolute Gasteiger partial charge is 0.307 e. The fourth-order valence-corrected chi connectivity index (χ4v) is 3.15. The Morgan fingerprint density at radius 1 is 1.63 bits per heavy atom. The lowest BCUT2D eigenvalue weighted by molar-refractivity contribution is -0.142. The Morgan fingerprint density at radius 3 is 3.21 bits per heavy atom. The molecule has 1 N–H and O–H groups in total. The predicted octanol–water partition coefficient (Wildman–Crippen LogP) is 2.13. The van der Waals surface area contributed by atoms with E-state index in [1.807, 2.05) is 16.0 Å². The van der Waals surface area contributed by atoms with Crippen molar-refractivity contribution in [3.63, 3.8) is 0 Å². The molecule has 1 unspecified atom stereocenters. The molecule has 2 aromatic heterocycles. The molecule has 1 aliphatic heterocycles. The van der Waals surface area contributed by atoms with Gasteiger partial charge < -0.3 is 9.67 Å². The second-order valence-electron chi connectivity index (χ2n) is 4.51. The number of nitrogens with zero attached hydrogens (tertiary/aromatic N) is 3. The number of carboxylic acids is 1. The molecule has 6 heteroatoms. The number of imidazole rings is 1. The molecular formula is C13H11N3O2S. The highest BCUT2D eigenvalue weighted by Gasteiger charge is 2.27. The van der Waals surface area contributed by atoms with Crippen LogP contribution < -0.4 is 0 Å². The van der Waals surface area contributed by atoms with Crippen LogP contribution in [0.15, 0.2) is 17.6 Å². The summed E-state index contributed by atoms with van der Waals surface area (Å²) in [6, 6.07) is 4.09. The minimum atomic E-state index is -0.760. The summed E-state index contributed by atoms with van der Waals surface area (Å²) in [5.74, 6) is -0.312. The maximum Gasteiger partial charge on any atom is 0.307 e. The molecule has 96 valence electrons. The number of aromatic nitrogens is 2. The molecule has 2 aromatic rings. The second kappa shape index (κ2) is 4.52. The quantitative estimate of drug-likeness (QED) is 0.909. The van der Waals surface area contributed by atoms with E-state index in [-0.39, 0.29) is 5.92 Å². The van der Waals surface area contributed by atoms with Crippen molar-refractivity contribution in [1.29, 1.82) is 5.26 Å². The molecule has 0 spiro atoms. The van der Waals surface area contributed by atoms with Crippen LogP contribution in [0.25, 0.3) is 11.3 Å². The molecule has 0 saturated heterocycles. The molecule has 3 rings (SSSR count). The molecule has 1 aliphatic rings. The Kier molecular flexibility index (Phi) is 2.84. The highest BCUT2D eigenvalue weighted by Crippen LogP contribution is 2.31. The van der Waals surface area contributed by atoms with Crippen molar-refractivity contribution < 1.29 is 9.90 Å². The number of hydrogen-bond acceptors (Lipinski definition) is 4. The average molecular weight is 273 g/mol. The van der Waals surface area contributed by atoms with Crippen LogP contribution in [0.4, 0.5) is 0 Å². The van der Waals surface area contributed by atoms with Gasteiger partial charge in [0.05, 0.1) is 17.8 Å². The third-order valence-corrected chi connectivity index (χ3v) is 4.28. The van der Waals surface area contributed by atoms with Gasteiger partial charge in [-0.2, -0.15) is 5.26 Å². The molecule has 0 saturated carbocycles. The number of aliphatic carboxylic acids is 1. The van der Waals surface area contributed by atoms with E-state index < -0.39 is 5.97 Å². The zero-order chi connectivity index (χ0) is 13.4.